The standard InChI is InChI=1S/C18H27NO3.ClH/c1-21-18(20)14-22-17-11-9-15(10-12-17)13-19-16-7-5-3-2-4-6-8-16;/h9-12,16,19H,2-8,13-14H2,1H3;1H. The van der Waals surface area contributed by atoms with E-state index < -0.39 is 0 Å². The molecule has 23 heavy (non-hydrogen) atoms. The molecule has 0 amide bonds. The first-order valence-corrected chi connectivity index (χ1v) is 8.30. The van der Waals surface area contributed by atoms with Crippen molar-refractivity contribution >= 4 is 18.4 Å². The molecule has 1 N–H and O–H groups in total. The summed E-state index contributed by atoms with van der Waals surface area (Å²) in [4.78, 5) is 11.0. The Hall–Kier alpha value is -1.26. The molecular weight excluding hydrogens is 314 g/mol. The maximum atomic E-state index is 11.0. The highest BCUT2D eigenvalue weighted by atomic mass is 35.5. The van der Waals surface area contributed by atoms with Crippen LogP contribution in [0.3, 0.4) is 0 Å². The molecule has 1 saturated carbocycles. The molecule has 4 nitrogen and oxygen atoms in total. The lowest BCUT2D eigenvalue weighted by molar-refractivity contribution is -0.142. The van der Waals surface area contributed by atoms with Crippen molar-refractivity contribution in [3.05, 3.63) is 29.8 Å². The Labute approximate surface area is 145 Å². The monoisotopic (exact) mass is 341 g/mol. The van der Waals surface area contributed by atoms with Gasteiger partial charge in [-0.25, -0.2) is 4.79 Å². The molecule has 1 aliphatic carbocycles. The predicted molar refractivity (Wildman–Crippen MR) is 94.1 cm³/mol. The lowest BCUT2D eigenvalue weighted by Crippen LogP contribution is -2.29. The summed E-state index contributed by atoms with van der Waals surface area (Å²) in [6, 6.07) is 8.54. The van der Waals surface area contributed by atoms with Crippen molar-refractivity contribution < 1.29 is 14.3 Å². The number of carbonyl (C=O) groups is 1. The Balaban J connectivity index is 0.00000264. The van der Waals surface area contributed by atoms with Gasteiger partial charge in [-0.1, -0.05) is 44.2 Å². The van der Waals surface area contributed by atoms with Crippen LogP contribution < -0.4 is 10.1 Å². The summed E-state index contributed by atoms with van der Waals surface area (Å²) in [7, 11) is 1.36. The van der Waals surface area contributed by atoms with Crippen molar-refractivity contribution in [3.8, 4) is 5.75 Å². The summed E-state index contributed by atoms with van der Waals surface area (Å²) in [6.07, 6.45) is 9.44. The van der Waals surface area contributed by atoms with Crippen molar-refractivity contribution in [1.29, 1.82) is 0 Å². The molecule has 1 aliphatic rings. The van der Waals surface area contributed by atoms with Gasteiger partial charge >= 0.3 is 5.97 Å². The van der Waals surface area contributed by atoms with Gasteiger partial charge in [0.05, 0.1) is 7.11 Å². The number of esters is 1. The van der Waals surface area contributed by atoms with Gasteiger partial charge in [-0.3, -0.25) is 0 Å². The first-order valence-electron chi connectivity index (χ1n) is 8.30. The average molecular weight is 342 g/mol. The van der Waals surface area contributed by atoms with Gasteiger partial charge in [0.1, 0.15) is 5.75 Å². The zero-order valence-electron chi connectivity index (χ0n) is 13.9. The molecule has 5 heteroatoms. The number of methoxy groups -OCH3 is 1. The minimum absolute atomic E-state index is 0. The van der Waals surface area contributed by atoms with Crippen LogP contribution in [0.2, 0.25) is 0 Å². The number of benzene rings is 1. The second kappa shape index (κ2) is 11.3. The topological polar surface area (TPSA) is 47.6 Å². The van der Waals surface area contributed by atoms with Gasteiger partial charge in [-0.05, 0) is 30.5 Å². The smallest absolute Gasteiger partial charge is 0.343 e. The molecule has 1 aromatic carbocycles. The number of halogens is 1. The second-order valence-electron chi connectivity index (χ2n) is 5.93. The summed E-state index contributed by atoms with van der Waals surface area (Å²) in [5.41, 5.74) is 1.24. The molecule has 0 heterocycles. The molecule has 0 bridgehead atoms. The minimum Gasteiger partial charge on any atom is -0.482 e. The van der Waals surface area contributed by atoms with E-state index in [1.165, 1.54) is 57.6 Å². The molecule has 1 aromatic rings. The molecule has 0 spiro atoms. The lowest BCUT2D eigenvalue weighted by atomic mass is 9.96. The molecule has 0 aliphatic heterocycles. The van der Waals surface area contributed by atoms with Crippen molar-refractivity contribution in [2.75, 3.05) is 13.7 Å². The van der Waals surface area contributed by atoms with Crippen LogP contribution in [0.25, 0.3) is 0 Å². The zero-order chi connectivity index (χ0) is 15.6. The van der Waals surface area contributed by atoms with E-state index in [0.29, 0.717) is 11.8 Å². The van der Waals surface area contributed by atoms with Crippen molar-refractivity contribution in [3.63, 3.8) is 0 Å². The van der Waals surface area contributed by atoms with Crippen LogP contribution in [0.1, 0.15) is 50.5 Å². The van der Waals surface area contributed by atoms with Crippen molar-refractivity contribution in [1.82, 2.24) is 5.32 Å². The van der Waals surface area contributed by atoms with Gasteiger partial charge in [0.2, 0.25) is 0 Å². The Kier molecular flexibility index (Phi) is 9.72. The predicted octanol–water partition coefficient (Wildman–Crippen LogP) is 3.86. The first-order chi connectivity index (χ1) is 10.8. The van der Waals surface area contributed by atoms with Crippen LogP contribution in [0.15, 0.2) is 24.3 Å². The van der Waals surface area contributed by atoms with E-state index in [2.05, 4.69) is 10.1 Å². The molecule has 1 fully saturated rings. The largest absolute Gasteiger partial charge is 0.482 e. The van der Waals surface area contributed by atoms with Crippen molar-refractivity contribution in [2.45, 2.75) is 57.5 Å². The van der Waals surface area contributed by atoms with Crippen LogP contribution in [0, 0.1) is 0 Å². The van der Waals surface area contributed by atoms with Gasteiger partial charge < -0.3 is 14.8 Å². The second-order valence-corrected chi connectivity index (χ2v) is 5.93. The van der Waals surface area contributed by atoms with Crippen LogP contribution in [-0.2, 0) is 16.1 Å². The summed E-state index contributed by atoms with van der Waals surface area (Å²) in [5.74, 6) is 0.329. The maximum absolute atomic E-state index is 11.0. The zero-order valence-corrected chi connectivity index (χ0v) is 14.7. The van der Waals surface area contributed by atoms with E-state index in [1.807, 2.05) is 24.3 Å². The molecule has 0 unspecified atom stereocenters. The minimum atomic E-state index is -0.366. The van der Waals surface area contributed by atoms with Gasteiger partial charge in [0.15, 0.2) is 6.61 Å². The average Bonchev–Trinajstić information content (AvgIpc) is 2.52. The van der Waals surface area contributed by atoms with Crippen LogP contribution >= 0.6 is 12.4 Å². The number of rotatable bonds is 6. The van der Waals surface area contributed by atoms with E-state index in [1.54, 1.807) is 0 Å². The third-order valence-electron chi connectivity index (χ3n) is 4.21. The van der Waals surface area contributed by atoms with Gasteiger partial charge in [-0.15, -0.1) is 12.4 Å². The Morgan fingerprint density at radius 3 is 2.30 bits per heavy atom. The van der Waals surface area contributed by atoms with E-state index in [4.69, 9.17) is 4.74 Å². The van der Waals surface area contributed by atoms with Crippen LogP contribution in [0.4, 0.5) is 0 Å². The highest BCUT2D eigenvalue weighted by Crippen LogP contribution is 2.18. The lowest BCUT2D eigenvalue weighted by Gasteiger charge is -2.21. The van der Waals surface area contributed by atoms with E-state index in [-0.39, 0.29) is 25.0 Å². The molecule has 130 valence electrons. The van der Waals surface area contributed by atoms with Gasteiger partial charge in [-0.2, -0.15) is 0 Å². The molecule has 0 aromatic heterocycles. The summed E-state index contributed by atoms with van der Waals surface area (Å²) in [6.45, 7) is 0.845. The number of hydrogen-bond acceptors (Lipinski definition) is 4. The summed E-state index contributed by atoms with van der Waals surface area (Å²) < 4.78 is 9.89. The molecule has 0 saturated heterocycles. The Morgan fingerprint density at radius 1 is 1.09 bits per heavy atom. The first kappa shape index (κ1) is 19.8. The SMILES string of the molecule is COC(=O)COc1ccc(CNC2CCCCCCC2)cc1.Cl. The quantitative estimate of drug-likeness (QED) is 0.798. The molecule has 0 atom stereocenters. The summed E-state index contributed by atoms with van der Waals surface area (Å²) >= 11 is 0. The van der Waals surface area contributed by atoms with Gasteiger partial charge in [0.25, 0.3) is 0 Å². The van der Waals surface area contributed by atoms with Crippen LogP contribution in [-0.4, -0.2) is 25.7 Å². The number of ether oxygens (including phenoxy) is 2. The fourth-order valence-corrected chi connectivity index (χ4v) is 2.83. The fraction of sp³-hybridized carbons (Fsp3) is 0.611. The normalized spacial score (nSPS) is 15.9. The highest BCUT2D eigenvalue weighted by Gasteiger charge is 2.10. The molecule has 0 radical (unpaired) electrons. The molecular formula is C18H28ClNO3. The Bertz CT molecular complexity index is 442. The Morgan fingerprint density at radius 2 is 1.70 bits per heavy atom. The highest BCUT2D eigenvalue weighted by molar-refractivity contribution is 5.85. The third kappa shape index (κ3) is 7.71. The van der Waals surface area contributed by atoms with E-state index in [9.17, 15) is 4.79 Å². The summed E-state index contributed by atoms with van der Waals surface area (Å²) in [5, 5.41) is 3.67. The van der Waals surface area contributed by atoms with Gasteiger partial charge in [0, 0.05) is 12.6 Å². The number of carbonyl (C=O) groups excluding carboxylic acids is 1. The number of hydrogen-bond donors (Lipinski definition) is 1. The molecule has 2 rings (SSSR count). The fourth-order valence-electron chi connectivity index (χ4n) is 2.83. The maximum Gasteiger partial charge on any atom is 0.343 e. The van der Waals surface area contributed by atoms with E-state index in [0.717, 1.165) is 6.54 Å². The number of nitrogens with one attached hydrogen (secondary N) is 1. The van der Waals surface area contributed by atoms with Crippen molar-refractivity contribution in [2.24, 2.45) is 0 Å². The third-order valence-corrected chi connectivity index (χ3v) is 4.21. The van der Waals surface area contributed by atoms with Crippen LogP contribution in [0.5, 0.6) is 5.75 Å². The van der Waals surface area contributed by atoms with E-state index >= 15 is 0 Å².